The number of nitrogens with two attached hydrogens (primary N) is 1. The minimum atomic E-state index is -3.53. The maximum atomic E-state index is 12.7. The van der Waals surface area contributed by atoms with Crippen LogP contribution in [0.2, 0.25) is 0 Å². The number of carbonyl (C=O) groups is 1. The zero-order valence-electron chi connectivity index (χ0n) is 17.4. The lowest BCUT2D eigenvalue weighted by molar-refractivity contribution is -0.113. The predicted molar refractivity (Wildman–Crippen MR) is 120 cm³/mol. The van der Waals surface area contributed by atoms with E-state index in [1.807, 2.05) is 0 Å². The largest absolute Gasteiger partial charge is 0.336 e. The molecule has 2 fully saturated rings. The number of benzene rings is 1. The number of carbonyl (C=O) groups excluding carboxylic acids is 1. The molecule has 1 saturated heterocycles. The van der Waals surface area contributed by atoms with E-state index in [0.717, 1.165) is 31.5 Å². The van der Waals surface area contributed by atoms with E-state index in [1.54, 1.807) is 18.2 Å². The fourth-order valence-corrected chi connectivity index (χ4v) is 6.39. The number of thioether (sulfide) groups is 1. The summed E-state index contributed by atoms with van der Waals surface area (Å²) in [4.78, 5) is 12.6. The lowest BCUT2D eigenvalue weighted by Gasteiger charge is -2.20. The Morgan fingerprint density at radius 1 is 1.13 bits per heavy atom. The molecule has 1 aliphatic heterocycles. The molecular formula is C20H28N6O3S2. The van der Waals surface area contributed by atoms with E-state index >= 15 is 0 Å². The first-order valence-corrected chi connectivity index (χ1v) is 13.1. The molecule has 1 aliphatic carbocycles. The lowest BCUT2D eigenvalue weighted by atomic mass is 9.89. The Labute approximate surface area is 186 Å². The van der Waals surface area contributed by atoms with Gasteiger partial charge in [0.1, 0.15) is 0 Å². The Hall–Kier alpha value is -2.11. The Kier molecular flexibility index (Phi) is 6.83. The summed E-state index contributed by atoms with van der Waals surface area (Å²) in [6.07, 6.45) is 7.48. The van der Waals surface area contributed by atoms with Gasteiger partial charge in [-0.15, -0.1) is 10.2 Å². The smallest absolute Gasteiger partial charge is 0.243 e. The first-order chi connectivity index (χ1) is 14.9. The molecule has 0 unspecified atom stereocenters. The van der Waals surface area contributed by atoms with Gasteiger partial charge in [-0.2, -0.15) is 4.31 Å². The molecule has 1 saturated carbocycles. The molecular weight excluding hydrogens is 436 g/mol. The molecule has 2 aromatic rings. The second-order valence-corrected chi connectivity index (χ2v) is 10.9. The van der Waals surface area contributed by atoms with Crippen LogP contribution < -0.4 is 11.2 Å². The number of nitrogen functional groups attached to an aromatic ring is 1. The first-order valence-electron chi connectivity index (χ1n) is 10.7. The number of nitrogens with one attached hydrogen (secondary N) is 1. The number of rotatable bonds is 7. The number of anilines is 1. The number of sulfonamides is 1. The second-order valence-electron chi connectivity index (χ2n) is 8.02. The van der Waals surface area contributed by atoms with Crippen molar-refractivity contribution >= 4 is 33.4 Å². The normalized spacial score (nSPS) is 18.3. The van der Waals surface area contributed by atoms with Crippen molar-refractivity contribution in [2.75, 3.05) is 30.0 Å². The van der Waals surface area contributed by atoms with E-state index < -0.39 is 10.0 Å². The summed E-state index contributed by atoms with van der Waals surface area (Å²) >= 11 is 1.22. The van der Waals surface area contributed by atoms with Gasteiger partial charge in [0, 0.05) is 24.7 Å². The van der Waals surface area contributed by atoms with Crippen molar-refractivity contribution < 1.29 is 13.2 Å². The van der Waals surface area contributed by atoms with Crippen LogP contribution in [0.25, 0.3) is 0 Å². The van der Waals surface area contributed by atoms with Gasteiger partial charge in [-0.3, -0.25) is 4.79 Å². The monoisotopic (exact) mass is 464 g/mol. The molecule has 3 N–H and O–H groups in total. The van der Waals surface area contributed by atoms with E-state index in [2.05, 4.69) is 15.5 Å². The van der Waals surface area contributed by atoms with Gasteiger partial charge in [0.05, 0.1) is 10.6 Å². The van der Waals surface area contributed by atoms with Gasteiger partial charge in [-0.05, 0) is 43.9 Å². The summed E-state index contributed by atoms with van der Waals surface area (Å²) in [6.45, 7) is 1.08. The van der Waals surface area contributed by atoms with Crippen molar-refractivity contribution in [1.82, 2.24) is 19.2 Å². The summed E-state index contributed by atoms with van der Waals surface area (Å²) in [5.74, 6) is 7.12. The van der Waals surface area contributed by atoms with Crippen molar-refractivity contribution in [1.29, 1.82) is 0 Å². The second kappa shape index (κ2) is 9.58. The van der Waals surface area contributed by atoms with E-state index in [4.69, 9.17) is 5.84 Å². The number of hydrogen-bond acceptors (Lipinski definition) is 7. The van der Waals surface area contributed by atoms with Crippen LogP contribution in [0, 0.1) is 0 Å². The van der Waals surface area contributed by atoms with Crippen molar-refractivity contribution in [3.05, 3.63) is 30.1 Å². The Morgan fingerprint density at radius 2 is 1.87 bits per heavy atom. The zero-order valence-corrected chi connectivity index (χ0v) is 19.0. The van der Waals surface area contributed by atoms with Crippen LogP contribution in [0.3, 0.4) is 0 Å². The minimum absolute atomic E-state index is 0.100. The quantitative estimate of drug-likeness (QED) is 0.477. The van der Waals surface area contributed by atoms with Crippen LogP contribution in [0.4, 0.5) is 5.69 Å². The van der Waals surface area contributed by atoms with Gasteiger partial charge in [0.25, 0.3) is 0 Å². The number of nitrogens with zero attached hydrogens (tertiary/aromatic N) is 4. The summed E-state index contributed by atoms with van der Waals surface area (Å²) in [5, 5.41) is 11.7. The van der Waals surface area contributed by atoms with Crippen molar-refractivity contribution in [2.45, 2.75) is 60.9 Å². The first kappa shape index (κ1) is 22.1. The molecule has 168 valence electrons. The van der Waals surface area contributed by atoms with Gasteiger partial charge in [-0.1, -0.05) is 37.1 Å². The number of aromatic nitrogens is 3. The maximum Gasteiger partial charge on any atom is 0.243 e. The molecule has 1 aromatic heterocycles. The highest BCUT2D eigenvalue weighted by Crippen LogP contribution is 2.32. The van der Waals surface area contributed by atoms with Gasteiger partial charge in [0.2, 0.25) is 21.1 Å². The summed E-state index contributed by atoms with van der Waals surface area (Å²) in [5.41, 5.74) is 0.447. The summed E-state index contributed by atoms with van der Waals surface area (Å²) < 4.78 is 28.4. The van der Waals surface area contributed by atoms with Gasteiger partial charge >= 0.3 is 0 Å². The average Bonchev–Trinajstić information content (AvgIpc) is 3.44. The van der Waals surface area contributed by atoms with Crippen molar-refractivity contribution in [2.24, 2.45) is 0 Å². The van der Waals surface area contributed by atoms with E-state index in [1.165, 1.54) is 46.1 Å². The molecule has 2 aliphatic rings. The molecule has 11 heteroatoms. The maximum absolute atomic E-state index is 12.7. The van der Waals surface area contributed by atoms with Gasteiger partial charge in [-0.25, -0.2) is 13.1 Å². The fraction of sp³-hybridized carbons (Fsp3) is 0.550. The average molecular weight is 465 g/mol. The van der Waals surface area contributed by atoms with Crippen molar-refractivity contribution in [3.8, 4) is 0 Å². The standard InChI is InChI=1S/C20H28N6O3S2/c21-26-19(15-7-2-1-3-8-15)23-24-20(26)30-14-18(27)22-16-9-6-10-17(13-16)31(28,29)25-11-4-5-12-25/h6,9-10,13,15H,1-5,7-8,11-12,14,21H2,(H,22,27). The molecule has 0 spiro atoms. The van der Waals surface area contributed by atoms with Crippen LogP contribution in [-0.2, 0) is 14.8 Å². The highest BCUT2D eigenvalue weighted by Gasteiger charge is 2.27. The van der Waals surface area contributed by atoms with E-state index in [0.29, 0.717) is 29.9 Å². The molecule has 4 rings (SSSR count). The third kappa shape index (κ3) is 5.04. The Balaban J connectivity index is 1.36. The number of amides is 1. The highest BCUT2D eigenvalue weighted by atomic mass is 32.2. The van der Waals surface area contributed by atoms with Crippen LogP contribution in [-0.4, -0.2) is 52.3 Å². The molecule has 31 heavy (non-hydrogen) atoms. The van der Waals surface area contributed by atoms with E-state index in [-0.39, 0.29) is 16.6 Å². The summed E-state index contributed by atoms with van der Waals surface area (Å²) in [7, 11) is -3.53. The van der Waals surface area contributed by atoms with E-state index in [9.17, 15) is 13.2 Å². The number of hydrogen-bond donors (Lipinski definition) is 2. The van der Waals surface area contributed by atoms with Crippen LogP contribution in [0.5, 0.6) is 0 Å². The third-order valence-corrected chi connectivity index (χ3v) is 8.65. The molecule has 2 heterocycles. The Morgan fingerprint density at radius 3 is 2.61 bits per heavy atom. The SMILES string of the molecule is Nn1c(SCC(=O)Nc2cccc(S(=O)(=O)N3CCCC3)c2)nnc1C1CCCCC1. The minimum Gasteiger partial charge on any atom is -0.336 e. The predicted octanol–water partition coefficient (Wildman–Crippen LogP) is 2.55. The molecule has 0 radical (unpaired) electrons. The third-order valence-electron chi connectivity index (χ3n) is 5.81. The van der Waals surface area contributed by atoms with Crippen LogP contribution in [0.1, 0.15) is 56.7 Å². The van der Waals surface area contributed by atoms with Crippen LogP contribution >= 0.6 is 11.8 Å². The lowest BCUT2D eigenvalue weighted by Crippen LogP contribution is -2.28. The molecule has 0 bridgehead atoms. The zero-order chi connectivity index (χ0) is 21.8. The van der Waals surface area contributed by atoms with Crippen molar-refractivity contribution in [3.63, 3.8) is 0 Å². The molecule has 1 amide bonds. The Bertz CT molecular complexity index is 1030. The highest BCUT2D eigenvalue weighted by molar-refractivity contribution is 7.99. The van der Waals surface area contributed by atoms with Gasteiger partial charge < -0.3 is 11.2 Å². The molecule has 1 aromatic carbocycles. The molecule has 9 nitrogen and oxygen atoms in total. The van der Waals surface area contributed by atoms with Gasteiger partial charge in [0.15, 0.2) is 5.82 Å². The fourth-order valence-electron chi connectivity index (χ4n) is 4.16. The molecule has 0 atom stereocenters. The van der Waals surface area contributed by atoms with Crippen LogP contribution in [0.15, 0.2) is 34.3 Å². The topological polar surface area (TPSA) is 123 Å². The summed E-state index contributed by atoms with van der Waals surface area (Å²) in [6, 6.07) is 6.38.